The van der Waals surface area contributed by atoms with Crippen molar-refractivity contribution in [2.45, 2.75) is 11.8 Å². The van der Waals surface area contributed by atoms with Crippen LogP contribution in [-0.4, -0.2) is 20.4 Å². The summed E-state index contributed by atoms with van der Waals surface area (Å²) in [6, 6.07) is 4.57. The lowest BCUT2D eigenvalue weighted by atomic mass is 10.3. The van der Waals surface area contributed by atoms with E-state index in [0.717, 1.165) is 0 Å². The van der Waals surface area contributed by atoms with Crippen molar-refractivity contribution in [3.05, 3.63) is 24.1 Å². The second-order valence-corrected chi connectivity index (χ2v) is 4.96. The third-order valence-electron chi connectivity index (χ3n) is 2.04. The van der Waals surface area contributed by atoms with Gasteiger partial charge in [-0.15, -0.1) is 0 Å². The van der Waals surface area contributed by atoms with Crippen molar-refractivity contribution in [3.63, 3.8) is 0 Å². The molecule has 0 aliphatic rings. The Morgan fingerprint density at radius 1 is 1.40 bits per heavy atom. The molecule has 0 fully saturated rings. The minimum Gasteiger partial charge on any atom is -0.441 e. The van der Waals surface area contributed by atoms with Crippen molar-refractivity contribution in [2.24, 2.45) is 0 Å². The number of nitrogens with one attached hydrogen (secondary N) is 1. The summed E-state index contributed by atoms with van der Waals surface area (Å²) in [6.45, 7) is 1.71. The van der Waals surface area contributed by atoms with Crippen LogP contribution in [0.25, 0.3) is 11.1 Å². The molecule has 0 saturated carbocycles. The van der Waals surface area contributed by atoms with Crippen molar-refractivity contribution >= 4 is 21.1 Å². The third-order valence-corrected chi connectivity index (χ3v) is 3.46. The molecular weight excluding hydrogens is 216 g/mol. The number of nitrogens with zero attached hydrogens (tertiary/aromatic N) is 1. The molecule has 0 aliphatic carbocycles. The zero-order valence-electron chi connectivity index (χ0n) is 8.31. The van der Waals surface area contributed by atoms with E-state index in [0.29, 0.717) is 17.0 Å². The van der Waals surface area contributed by atoms with Crippen LogP contribution in [0.3, 0.4) is 0 Å². The van der Waals surface area contributed by atoms with Gasteiger partial charge < -0.3 is 4.42 Å². The number of aromatic nitrogens is 1. The summed E-state index contributed by atoms with van der Waals surface area (Å²) in [5.74, 6) is 0.518. The number of aryl methyl sites for hydroxylation is 1. The maximum Gasteiger partial charge on any atom is 0.240 e. The zero-order valence-corrected chi connectivity index (χ0v) is 9.13. The van der Waals surface area contributed by atoms with E-state index in [1.807, 2.05) is 0 Å². The molecule has 0 aliphatic heterocycles. The van der Waals surface area contributed by atoms with Gasteiger partial charge in [0.1, 0.15) is 5.52 Å². The van der Waals surface area contributed by atoms with E-state index in [1.165, 1.54) is 19.2 Å². The number of rotatable bonds is 2. The number of oxazole rings is 1. The van der Waals surface area contributed by atoms with Crippen LogP contribution in [0.2, 0.25) is 0 Å². The van der Waals surface area contributed by atoms with E-state index in [9.17, 15) is 8.42 Å². The fraction of sp³-hybridized carbons (Fsp3) is 0.222. The number of hydrogen-bond donors (Lipinski definition) is 1. The number of sulfonamides is 1. The lowest BCUT2D eigenvalue weighted by molar-refractivity contribution is 0.561. The molecule has 0 saturated heterocycles. The van der Waals surface area contributed by atoms with Gasteiger partial charge in [0.25, 0.3) is 0 Å². The molecule has 0 bridgehead atoms. The standard InChI is InChI=1S/C9H10N2O3S/c1-6-11-8-5-7(15(12,13)10-2)3-4-9(8)14-6/h3-5,10H,1-2H3. The van der Waals surface area contributed by atoms with Gasteiger partial charge in [-0.3, -0.25) is 0 Å². The first kappa shape index (κ1) is 10.1. The summed E-state index contributed by atoms with van der Waals surface area (Å²) in [5.41, 5.74) is 1.13. The fourth-order valence-electron chi connectivity index (χ4n) is 1.31. The monoisotopic (exact) mass is 226 g/mol. The number of benzene rings is 1. The molecule has 1 N–H and O–H groups in total. The van der Waals surface area contributed by atoms with Gasteiger partial charge in [0.2, 0.25) is 10.0 Å². The fourth-order valence-corrected chi connectivity index (χ4v) is 2.06. The Morgan fingerprint density at radius 3 is 2.80 bits per heavy atom. The Bertz CT molecular complexity index is 601. The Morgan fingerprint density at radius 2 is 2.13 bits per heavy atom. The molecule has 80 valence electrons. The lowest BCUT2D eigenvalue weighted by Crippen LogP contribution is -2.18. The predicted octanol–water partition coefficient (Wildman–Crippen LogP) is 1.04. The van der Waals surface area contributed by atoms with Gasteiger partial charge in [-0.1, -0.05) is 0 Å². The topological polar surface area (TPSA) is 72.2 Å². The van der Waals surface area contributed by atoms with Crippen molar-refractivity contribution in [1.82, 2.24) is 9.71 Å². The van der Waals surface area contributed by atoms with E-state index in [1.54, 1.807) is 13.0 Å². The molecule has 1 heterocycles. The number of fused-ring (bicyclic) bond motifs is 1. The highest BCUT2D eigenvalue weighted by molar-refractivity contribution is 7.89. The Hall–Kier alpha value is -1.40. The number of hydrogen-bond acceptors (Lipinski definition) is 4. The van der Waals surface area contributed by atoms with E-state index in [-0.39, 0.29) is 4.90 Å². The summed E-state index contributed by atoms with van der Waals surface area (Å²) >= 11 is 0. The van der Waals surface area contributed by atoms with Crippen molar-refractivity contribution in [3.8, 4) is 0 Å². The van der Waals surface area contributed by atoms with Crippen molar-refractivity contribution in [2.75, 3.05) is 7.05 Å². The lowest BCUT2D eigenvalue weighted by Gasteiger charge is -2.00. The zero-order chi connectivity index (χ0) is 11.1. The maximum absolute atomic E-state index is 11.5. The Balaban J connectivity index is 2.66. The first-order valence-corrected chi connectivity index (χ1v) is 5.82. The van der Waals surface area contributed by atoms with E-state index in [4.69, 9.17) is 4.42 Å². The van der Waals surface area contributed by atoms with E-state index < -0.39 is 10.0 Å². The molecule has 1 aromatic heterocycles. The van der Waals surface area contributed by atoms with Gasteiger partial charge >= 0.3 is 0 Å². The van der Waals surface area contributed by atoms with Crippen LogP contribution in [0, 0.1) is 6.92 Å². The molecule has 0 spiro atoms. The quantitative estimate of drug-likeness (QED) is 0.830. The van der Waals surface area contributed by atoms with Crippen LogP contribution < -0.4 is 4.72 Å². The van der Waals surface area contributed by atoms with Crippen LogP contribution in [0.15, 0.2) is 27.5 Å². The molecule has 0 amide bonds. The second-order valence-electron chi connectivity index (χ2n) is 3.07. The molecule has 1 aromatic carbocycles. The van der Waals surface area contributed by atoms with Gasteiger partial charge in [0.05, 0.1) is 4.90 Å². The van der Waals surface area contributed by atoms with Crippen LogP contribution in [0.1, 0.15) is 5.89 Å². The SMILES string of the molecule is CNS(=O)(=O)c1ccc2oc(C)nc2c1. The molecule has 2 rings (SSSR count). The van der Waals surface area contributed by atoms with Gasteiger partial charge in [-0.05, 0) is 25.2 Å². The molecule has 0 atom stereocenters. The van der Waals surface area contributed by atoms with Crippen LogP contribution in [-0.2, 0) is 10.0 Å². The van der Waals surface area contributed by atoms with Gasteiger partial charge in [-0.25, -0.2) is 18.1 Å². The average molecular weight is 226 g/mol. The largest absolute Gasteiger partial charge is 0.441 e. The molecule has 0 unspecified atom stereocenters. The highest BCUT2D eigenvalue weighted by atomic mass is 32.2. The second kappa shape index (κ2) is 3.32. The van der Waals surface area contributed by atoms with Gasteiger partial charge in [-0.2, -0.15) is 0 Å². The molecule has 2 aromatic rings. The van der Waals surface area contributed by atoms with E-state index in [2.05, 4.69) is 9.71 Å². The van der Waals surface area contributed by atoms with Crippen LogP contribution in [0.5, 0.6) is 0 Å². The van der Waals surface area contributed by atoms with Crippen LogP contribution >= 0.6 is 0 Å². The summed E-state index contributed by atoms with van der Waals surface area (Å²) in [5, 5.41) is 0. The van der Waals surface area contributed by atoms with Gasteiger partial charge in [0, 0.05) is 6.92 Å². The normalized spacial score (nSPS) is 12.1. The Kier molecular flexibility index (Phi) is 2.24. The highest BCUT2D eigenvalue weighted by Gasteiger charge is 2.13. The summed E-state index contributed by atoms with van der Waals surface area (Å²) in [7, 11) is -2.04. The van der Waals surface area contributed by atoms with Crippen LogP contribution in [0.4, 0.5) is 0 Å². The highest BCUT2D eigenvalue weighted by Crippen LogP contribution is 2.19. The molecule has 15 heavy (non-hydrogen) atoms. The van der Waals surface area contributed by atoms with Gasteiger partial charge in [0.15, 0.2) is 11.5 Å². The summed E-state index contributed by atoms with van der Waals surface area (Å²) in [6.07, 6.45) is 0. The predicted molar refractivity (Wildman–Crippen MR) is 55.0 cm³/mol. The third kappa shape index (κ3) is 1.73. The van der Waals surface area contributed by atoms with Crippen molar-refractivity contribution < 1.29 is 12.8 Å². The smallest absolute Gasteiger partial charge is 0.240 e. The molecule has 5 nitrogen and oxygen atoms in total. The summed E-state index contributed by atoms with van der Waals surface area (Å²) in [4.78, 5) is 4.25. The first-order valence-electron chi connectivity index (χ1n) is 4.34. The first-order chi connectivity index (χ1) is 7.03. The molecule has 6 heteroatoms. The molecular formula is C9H10N2O3S. The summed E-state index contributed by atoms with van der Waals surface area (Å²) < 4.78 is 30.4. The average Bonchev–Trinajstić information content (AvgIpc) is 2.56. The van der Waals surface area contributed by atoms with Crippen molar-refractivity contribution in [1.29, 1.82) is 0 Å². The molecule has 0 radical (unpaired) electrons. The Labute approximate surface area is 87.2 Å². The minimum absolute atomic E-state index is 0.186. The van der Waals surface area contributed by atoms with E-state index >= 15 is 0 Å². The minimum atomic E-state index is -3.41. The maximum atomic E-state index is 11.5.